The summed E-state index contributed by atoms with van der Waals surface area (Å²) in [5, 5.41) is 23.3. The highest BCUT2D eigenvalue weighted by molar-refractivity contribution is 6.31. The summed E-state index contributed by atoms with van der Waals surface area (Å²) in [5.41, 5.74) is -7.28. The zero-order valence-electron chi connectivity index (χ0n) is 39.6. The molecular formula is C54H40Cl2N6O12. The number of halogens is 2. The maximum absolute atomic E-state index is 15.8. The van der Waals surface area contributed by atoms with Crippen LogP contribution in [0.4, 0.5) is 11.4 Å². The molecule has 1 saturated heterocycles. The number of piperidine rings is 1. The van der Waals surface area contributed by atoms with E-state index >= 15 is 9.59 Å². The van der Waals surface area contributed by atoms with Crippen LogP contribution in [0.3, 0.4) is 0 Å². The molecule has 372 valence electrons. The highest BCUT2D eigenvalue weighted by Crippen LogP contribution is 2.66. The minimum Gasteiger partial charge on any atom is -0.465 e. The van der Waals surface area contributed by atoms with Gasteiger partial charge in [0, 0.05) is 44.8 Å². The minimum absolute atomic E-state index is 0.0203. The average Bonchev–Trinajstić information content (AvgIpc) is 3.84. The van der Waals surface area contributed by atoms with Crippen LogP contribution in [0.2, 0.25) is 10.0 Å². The lowest BCUT2D eigenvalue weighted by molar-refractivity contribution is -0.258. The molecule has 8 atom stereocenters. The van der Waals surface area contributed by atoms with Crippen molar-refractivity contribution >= 4 is 70.3 Å². The third-order valence-corrected chi connectivity index (χ3v) is 15.4. The zero-order chi connectivity index (χ0) is 52.2. The topological polar surface area (TPSA) is 218 Å². The fourth-order valence-corrected chi connectivity index (χ4v) is 12.3. The number of hydrogen-bond acceptors (Lipinski definition) is 16. The summed E-state index contributed by atoms with van der Waals surface area (Å²) < 4.78 is 36.1. The van der Waals surface area contributed by atoms with Gasteiger partial charge in [-0.3, -0.25) is 9.59 Å². The molecule has 74 heavy (non-hydrogen) atoms. The fourth-order valence-electron chi connectivity index (χ4n) is 12.0. The molecule has 2 amide bonds. The number of nitriles is 2. The van der Waals surface area contributed by atoms with Gasteiger partial charge in [0.25, 0.3) is 11.8 Å². The molecule has 1 aliphatic carbocycles. The predicted octanol–water partition coefficient (Wildman–Crippen LogP) is 5.81. The Morgan fingerprint density at radius 3 is 1.59 bits per heavy atom. The van der Waals surface area contributed by atoms with Gasteiger partial charge in [-0.2, -0.15) is 10.5 Å². The van der Waals surface area contributed by atoms with Crippen molar-refractivity contribution < 1.29 is 57.2 Å². The quantitative estimate of drug-likeness (QED) is 0.150. The van der Waals surface area contributed by atoms with E-state index in [9.17, 15) is 29.7 Å². The number of amides is 2. The lowest BCUT2D eigenvalue weighted by Crippen LogP contribution is -2.75. The summed E-state index contributed by atoms with van der Waals surface area (Å²) in [6, 6.07) is 30.3. The third kappa shape index (κ3) is 6.35. The highest BCUT2D eigenvalue weighted by Gasteiger charge is 2.75. The Bertz CT molecular complexity index is 3410. The second kappa shape index (κ2) is 17.5. The SMILES string of the molecule is COC(=O)C1=C(C(=O)OC)C2(OC3C4C5C(C#N)=CC(N6C(C(=O)OC)=C(C(=O)OC)C7(OC56)C(=O)N(Cc5ccccc5)c5ccc(Cl)cc57)C4(C#N)C=CN13)C(=O)N(Cc1ccccc1)c1ccc(Cl)cc12. The first-order chi connectivity index (χ1) is 35.7. The molecule has 0 N–H and O–H groups in total. The number of rotatable bonds is 8. The van der Waals surface area contributed by atoms with E-state index in [2.05, 4.69) is 12.1 Å². The lowest BCUT2D eigenvalue weighted by atomic mass is 9.53. The number of hydrogen-bond donors (Lipinski definition) is 0. The number of esters is 4. The van der Waals surface area contributed by atoms with Crippen LogP contribution in [0.15, 0.2) is 144 Å². The van der Waals surface area contributed by atoms with Crippen LogP contribution in [0.5, 0.6) is 0 Å². The maximum Gasteiger partial charge on any atom is 0.355 e. The summed E-state index contributed by atoms with van der Waals surface area (Å²) in [6.07, 6.45) is 0.873. The molecule has 20 heteroatoms. The lowest BCUT2D eigenvalue weighted by Gasteiger charge is -2.65. The number of nitrogens with zero attached hydrogens (tertiary/aromatic N) is 6. The molecule has 2 spiro atoms. The van der Waals surface area contributed by atoms with Crippen LogP contribution in [0.1, 0.15) is 22.3 Å². The van der Waals surface area contributed by atoms with Crippen molar-refractivity contribution in [1.29, 1.82) is 10.5 Å². The van der Waals surface area contributed by atoms with E-state index in [4.69, 9.17) is 51.6 Å². The van der Waals surface area contributed by atoms with Crippen LogP contribution < -0.4 is 9.80 Å². The first-order valence-electron chi connectivity index (χ1n) is 23.0. The molecule has 7 heterocycles. The van der Waals surface area contributed by atoms with E-state index < -0.39 is 105 Å². The Hall–Kier alpha value is -8.26. The van der Waals surface area contributed by atoms with Gasteiger partial charge in [-0.25, -0.2) is 19.2 Å². The summed E-state index contributed by atoms with van der Waals surface area (Å²) in [5.74, 6) is -9.10. The van der Waals surface area contributed by atoms with Crippen molar-refractivity contribution in [3.8, 4) is 12.1 Å². The van der Waals surface area contributed by atoms with E-state index in [1.807, 2.05) is 0 Å². The zero-order valence-corrected chi connectivity index (χ0v) is 41.1. The Morgan fingerprint density at radius 1 is 0.649 bits per heavy atom. The van der Waals surface area contributed by atoms with Gasteiger partial charge >= 0.3 is 23.9 Å². The number of carbonyl (C=O) groups excluding carboxylic acids is 6. The van der Waals surface area contributed by atoms with Gasteiger partial charge in [0.1, 0.15) is 40.4 Å². The summed E-state index contributed by atoms with van der Waals surface area (Å²) in [4.78, 5) is 95.5. The van der Waals surface area contributed by atoms with Gasteiger partial charge in [0.05, 0.1) is 71.1 Å². The predicted molar refractivity (Wildman–Crippen MR) is 259 cm³/mol. The monoisotopic (exact) mass is 1030 g/mol. The van der Waals surface area contributed by atoms with Gasteiger partial charge in [-0.05, 0) is 59.7 Å². The molecule has 1 fully saturated rings. The largest absolute Gasteiger partial charge is 0.465 e. The van der Waals surface area contributed by atoms with Crippen molar-refractivity contribution in [2.45, 2.75) is 42.8 Å². The van der Waals surface area contributed by atoms with Crippen molar-refractivity contribution in [3.63, 3.8) is 0 Å². The Labute approximate surface area is 432 Å². The van der Waals surface area contributed by atoms with Crippen molar-refractivity contribution in [3.05, 3.63) is 176 Å². The molecule has 12 rings (SSSR count). The molecule has 0 radical (unpaired) electrons. The van der Waals surface area contributed by atoms with E-state index in [-0.39, 0.29) is 51.2 Å². The van der Waals surface area contributed by atoms with Crippen LogP contribution in [0, 0.1) is 39.9 Å². The van der Waals surface area contributed by atoms with E-state index in [1.165, 1.54) is 50.1 Å². The molecule has 0 aromatic heterocycles. The summed E-state index contributed by atoms with van der Waals surface area (Å²) >= 11 is 13.5. The average molecular weight is 1040 g/mol. The molecule has 8 unspecified atom stereocenters. The van der Waals surface area contributed by atoms with E-state index in [0.717, 1.165) is 28.4 Å². The molecule has 2 bridgehead atoms. The molecule has 18 nitrogen and oxygen atoms in total. The van der Waals surface area contributed by atoms with Crippen molar-refractivity contribution in [2.75, 3.05) is 38.2 Å². The Morgan fingerprint density at radius 2 is 1.12 bits per heavy atom. The standard InChI is InChI=1S/C54H40Cl2N6O12/c1-69-46(63)40-42(48(65)71-3)59-20-19-52(27-58)37-21-30(24-57)38(39(52)45(59)74-53(40)33-22-31(55)15-17-35(33)60(50(53)67)25-28-11-7-5-8-12-28)44-62(37)43(49(66)72-4)41(47(64)70-2)54(73-44)34-23-32(56)16-18-36(34)61(51(54)68)26-29-13-9-6-10-14-29/h5-23,37-39,44-45H,25-26H2,1-4H3. The first-order valence-corrected chi connectivity index (χ1v) is 23.8. The maximum atomic E-state index is 15.8. The second-order valence-electron chi connectivity index (χ2n) is 18.3. The number of benzene rings is 4. The van der Waals surface area contributed by atoms with E-state index in [0.29, 0.717) is 11.1 Å². The molecule has 4 aromatic rings. The fraction of sp³-hybridized carbons (Fsp3) is 0.259. The molecule has 7 aliphatic heterocycles. The molecule has 4 aromatic carbocycles. The molecule has 8 aliphatic rings. The van der Waals surface area contributed by atoms with Gasteiger partial charge in [-0.1, -0.05) is 83.9 Å². The molecule has 0 saturated carbocycles. The first kappa shape index (κ1) is 48.0. The third-order valence-electron chi connectivity index (χ3n) is 15.0. The van der Waals surface area contributed by atoms with Crippen LogP contribution in [-0.2, 0) is 81.5 Å². The number of methoxy groups -OCH3 is 4. The number of fused-ring (bicyclic) bond motifs is 5. The van der Waals surface area contributed by atoms with Crippen molar-refractivity contribution in [2.24, 2.45) is 17.3 Å². The second-order valence-corrected chi connectivity index (χ2v) is 19.1. The van der Waals surface area contributed by atoms with Gasteiger partial charge in [-0.15, -0.1) is 0 Å². The van der Waals surface area contributed by atoms with Crippen LogP contribution in [-0.4, -0.2) is 92.4 Å². The van der Waals surface area contributed by atoms with Gasteiger partial charge < -0.3 is 48.0 Å². The van der Waals surface area contributed by atoms with Gasteiger partial charge in [0.15, 0.2) is 0 Å². The minimum atomic E-state index is -2.56. The van der Waals surface area contributed by atoms with Gasteiger partial charge in [0.2, 0.25) is 11.2 Å². The highest BCUT2D eigenvalue weighted by atomic mass is 35.5. The summed E-state index contributed by atoms with van der Waals surface area (Å²) in [6.45, 7) is -0.0959. The normalized spacial score (nSPS) is 27.7. The van der Waals surface area contributed by atoms with Crippen LogP contribution in [0.25, 0.3) is 0 Å². The summed E-state index contributed by atoms with van der Waals surface area (Å²) in [7, 11) is 4.28. The van der Waals surface area contributed by atoms with Crippen LogP contribution >= 0.6 is 23.2 Å². The van der Waals surface area contributed by atoms with Crippen molar-refractivity contribution in [1.82, 2.24) is 9.80 Å². The smallest absolute Gasteiger partial charge is 0.355 e. The Kier molecular flexibility index (Phi) is 11.3. The Balaban J connectivity index is 1.18. The number of anilines is 2. The number of carbonyl (C=O) groups is 6. The number of ether oxygens (including phenoxy) is 6. The van der Waals surface area contributed by atoms with E-state index in [1.54, 1.807) is 84.9 Å². The molecular weight excluding hydrogens is 996 g/mol.